The van der Waals surface area contributed by atoms with Crippen molar-refractivity contribution in [2.24, 2.45) is 0 Å². The molecule has 1 aliphatic rings. The van der Waals surface area contributed by atoms with E-state index in [0.29, 0.717) is 18.8 Å². The van der Waals surface area contributed by atoms with Crippen molar-refractivity contribution >= 4 is 21.8 Å². The normalized spacial score (nSPS) is 16.0. The Kier molecular flexibility index (Phi) is 5.57. The summed E-state index contributed by atoms with van der Waals surface area (Å²) < 4.78 is 31.2. The fourth-order valence-corrected chi connectivity index (χ4v) is 3.77. The molecule has 0 aromatic heterocycles. The van der Waals surface area contributed by atoms with Gasteiger partial charge < -0.3 is 4.74 Å². The number of hydrogen-bond acceptors (Lipinski definition) is 4. The Morgan fingerprint density at radius 3 is 2.45 bits per heavy atom. The van der Waals surface area contributed by atoms with Gasteiger partial charge in [-0.1, -0.05) is 19.1 Å². The van der Waals surface area contributed by atoms with Gasteiger partial charge in [0.2, 0.25) is 10.0 Å². The molecule has 120 valence electrons. The van der Waals surface area contributed by atoms with Crippen LogP contribution in [0.15, 0.2) is 41.8 Å². The highest BCUT2D eigenvalue weighted by molar-refractivity contribution is 7.89. The van der Waals surface area contributed by atoms with Crippen molar-refractivity contribution in [2.45, 2.75) is 24.2 Å². The highest BCUT2D eigenvalue weighted by Crippen LogP contribution is 2.21. The van der Waals surface area contributed by atoms with Gasteiger partial charge in [-0.05, 0) is 37.1 Å². The zero-order valence-electron chi connectivity index (χ0n) is 12.3. The number of ether oxygens (including phenoxy) is 1. The Labute approximate surface area is 130 Å². The van der Waals surface area contributed by atoms with Gasteiger partial charge in [0.1, 0.15) is 6.61 Å². The molecular formula is C15H20N2O4S. The van der Waals surface area contributed by atoms with Crippen LogP contribution in [-0.4, -0.2) is 38.5 Å². The smallest absolute Gasteiger partial charge is 0.411 e. The highest BCUT2D eigenvalue weighted by atomic mass is 32.2. The summed E-state index contributed by atoms with van der Waals surface area (Å²) in [5.41, 5.74) is 0.478. The largest absolute Gasteiger partial charge is 0.445 e. The molecule has 22 heavy (non-hydrogen) atoms. The van der Waals surface area contributed by atoms with Crippen molar-refractivity contribution < 1.29 is 17.9 Å². The fraction of sp³-hybridized carbons (Fsp3) is 0.400. The number of carbonyl (C=O) groups is 1. The van der Waals surface area contributed by atoms with E-state index in [0.717, 1.165) is 19.3 Å². The summed E-state index contributed by atoms with van der Waals surface area (Å²) in [5.74, 6) is 0. The van der Waals surface area contributed by atoms with Gasteiger partial charge in [-0.15, -0.1) is 0 Å². The number of anilines is 1. The van der Waals surface area contributed by atoms with E-state index in [-0.39, 0.29) is 11.5 Å². The molecule has 0 aliphatic carbocycles. The number of rotatable bonds is 5. The Balaban J connectivity index is 2.04. The maximum Gasteiger partial charge on any atom is 0.411 e. The standard InChI is InChI=1S/C15H20N2O4S/c1-2-12-21-15(18)16-13-6-8-14(9-7-13)22(19,20)17-10-4-3-5-11-17/h2,6-9H,1,3-5,10-12H2,(H,16,18). The third-order valence-electron chi connectivity index (χ3n) is 3.39. The lowest BCUT2D eigenvalue weighted by Crippen LogP contribution is -2.35. The first-order chi connectivity index (χ1) is 10.5. The van der Waals surface area contributed by atoms with Gasteiger partial charge in [-0.25, -0.2) is 13.2 Å². The molecule has 1 saturated heterocycles. The molecule has 0 bridgehead atoms. The molecule has 0 atom stereocenters. The van der Waals surface area contributed by atoms with Gasteiger partial charge >= 0.3 is 6.09 Å². The number of nitrogens with zero attached hydrogens (tertiary/aromatic N) is 1. The van der Waals surface area contributed by atoms with Crippen molar-refractivity contribution in [2.75, 3.05) is 25.0 Å². The minimum atomic E-state index is -3.45. The minimum absolute atomic E-state index is 0.118. The van der Waals surface area contributed by atoms with E-state index in [1.807, 2.05) is 0 Å². The Morgan fingerprint density at radius 2 is 1.86 bits per heavy atom. The average Bonchev–Trinajstić information content (AvgIpc) is 2.54. The van der Waals surface area contributed by atoms with Crippen molar-refractivity contribution in [3.8, 4) is 0 Å². The predicted octanol–water partition coefficient (Wildman–Crippen LogP) is 2.60. The van der Waals surface area contributed by atoms with Crippen LogP contribution in [0.4, 0.5) is 10.5 Å². The molecule has 0 unspecified atom stereocenters. The Bertz CT molecular complexity index is 619. The summed E-state index contributed by atoms with van der Waals surface area (Å²) in [4.78, 5) is 11.6. The van der Waals surface area contributed by atoms with Crippen molar-refractivity contribution in [1.82, 2.24) is 4.31 Å². The van der Waals surface area contributed by atoms with Gasteiger partial charge in [0, 0.05) is 18.8 Å². The summed E-state index contributed by atoms with van der Waals surface area (Å²) in [5, 5.41) is 2.52. The molecular weight excluding hydrogens is 304 g/mol. The van der Waals surface area contributed by atoms with Gasteiger partial charge in [-0.3, -0.25) is 5.32 Å². The van der Waals surface area contributed by atoms with E-state index in [1.165, 1.54) is 22.5 Å². The molecule has 6 nitrogen and oxygen atoms in total. The molecule has 1 heterocycles. The first-order valence-electron chi connectivity index (χ1n) is 7.19. The average molecular weight is 324 g/mol. The number of piperidine rings is 1. The van der Waals surface area contributed by atoms with E-state index < -0.39 is 16.1 Å². The number of nitrogens with one attached hydrogen (secondary N) is 1. The fourth-order valence-electron chi connectivity index (χ4n) is 2.25. The van der Waals surface area contributed by atoms with Gasteiger partial charge in [0.15, 0.2) is 0 Å². The summed E-state index contributed by atoms with van der Waals surface area (Å²) in [6.45, 7) is 4.70. The number of sulfonamides is 1. The van der Waals surface area contributed by atoms with E-state index in [4.69, 9.17) is 4.74 Å². The first-order valence-corrected chi connectivity index (χ1v) is 8.63. The molecule has 1 N–H and O–H groups in total. The van der Waals surface area contributed by atoms with Crippen LogP contribution in [0.3, 0.4) is 0 Å². The van der Waals surface area contributed by atoms with Crippen LogP contribution in [0.25, 0.3) is 0 Å². The van der Waals surface area contributed by atoms with Crippen LogP contribution in [-0.2, 0) is 14.8 Å². The molecule has 0 radical (unpaired) electrons. The summed E-state index contributed by atoms with van der Waals surface area (Å²) in [7, 11) is -3.45. The minimum Gasteiger partial charge on any atom is -0.445 e. The summed E-state index contributed by atoms with van der Waals surface area (Å²) >= 11 is 0. The van der Waals surface area contributed by atoms with Gasteiger partial charge in [0.25, 0.3) is 0 Å². The number of amides is 1. The van der Waals surface area contributed by atoms with Crippen LogP contribution in [0.1, 0.15) is 19.3 Å². The molecule has 0 spiro atoms. The second kappa shape index (κ2) is 7.42. The van der Waals surface area contributed by atoms with Crippen molar-refractivity contribution in [1.29, 1.82) is 0 Å². The van der Waals surface area contributed by atoms with Crippen LogP contribution in [0, 0.1) is 0 Å². The molecule has 0 saturated carbocycles. The lowest BCUT2D eigenvalue weighted by molar-refractivity contribution is 0.174. The van der Waals surface area contributed by atoms with E-state index in [1.54, 1.807) is 12.1 Å². The van der Waals surface area contributed by atoms with Crippen LogP contribution in [0.2, 0.25) is 0 Å². The van der Waals surface area contributed by atoms with Crippen LogP contribution < -0.4 is 5.32 Å². The zero-order valence-corrected chi connectivity index (χ0v) is 13.1. The summed E-state index contributed by atoms with van der Waals surface area (Å²) in [6, 6.07) is 6.08. The third-order valence-corrected chi connectivity index (χ3v) is 5.30. The topological polar surface area (TPSA) is 75.7 Å². The monoisotopic (exact) mass is 324 g/mol. The number of hydrogen-bond donors (Lipinski definition) is 1. The second-order valence-corrected chi connectivity index (χ2v) is 6.94. The third kappa shape index (κ3) is 4.08. The van der Waals surface area contributed by atoms with E-state index in [9.17, 15) is 13.2 Å². The van der Waals surface area contributed by atoms with Crippen molar-refractivity contribution in [3.63, 3.8) is 0 Å². The molecule has 2 rings (SSSR count). The van der Waals surface area contributed by atoms with Crippen LogP contribution in [0.5, 0.6) is 0 Å². The SMILES string of the molecule is C=CCOC(=O)Nc1ccc(S(=O)(=O)N2CCCCC2)cc1. The van der Waals surface area contributed by atoms with E-state index in [2.05, 4.69) is 11.9 Å². The number of benzene rings is 1. The molecule has 1 aliphatic heterocycles. The number of carbonyl (C=O) groups excluding carboxylic acids is 1. The summed E-state index contributed by atoms with van der Waals surface area (Å²) in [6.07, 6.45) is 3.73. The molecule has 1 fully saturated rings. The van der Waals surface area contributed by atoms with Gasteiger partial charge in [-0.2, -0.15) is 4.31 Å². The van der Waals surface area contributed by atoms with Gasteiger partial charge in [0.05, 0.1) is 4.90 Å². The predicted molar refractivity (Wildman–Crippen MR) is 84.2 cm³/mol. The first kappa shape index (κ1) is 16.5. The molecule has 1 amide bonds. The van der Waals surface area contributed by atoms with E-state index >= 15 is 0 Å². The molecule has 1 aromatic rings. The Morgan fingerprint density at radius 1 is 1.23 bits per heavy atom. The molecule has 1 aromatic carbocycles. The maximum absolute atomic E-state index is 12.5. The second-order valence-electron chi connectivity index (χ2n) is 5.00. The van der Waals surface area contributed by atoms with Crippen molar-refractivity contribution in [3.05, 3.63) is 36.9 Å². The Hall–Kier alpha value is -1.86. The lowest BCUT2D eigenvalue weighted by atomic mass is 10.2. The lowest BCUT2D eigenvalue weighted by Gasteiger charge is -2.25. The maximum atomic E-state index is 12.5. The zero-order chi connectivity index (χ0) is 16.0. The van der Waals surface area contributed by atoms with Crippen LogP contribution >= 0.6 is 0 Å². The quantitative estimate of drug-likeness (QED) is 0.845. The highest BCUT2D eigenvalue weighted by Gasteiger charge is 2.25. The molecule has 7 heteroatoms.